The number of rotatable bonds is 4. The molecule has 1 amide bonds. The van der Waals surface area contributed by atoms with E-state index in [1.165, 1.54) is 12.1 Å². The van der Waals surface area contributed by atoms with Crippen molar-refractivity contribution in [2.24, 2.45) is 0 Å². The van der Waals surface area contributed by atoms with Gasteiger partial charge in [0, 0.05) is 18.0 Å². The van der Waals surface area contributed by atoms with Crippen molar-refractivity contribution in [3.8, 4) is 5.75 Å². The summed E-state index contributed by atoms with van der Waals surface area (Å²) in [6.07, 6.45) is 1.07. The molecule has 27 heavy (non-hydrogen) atoms. The van der Waals surface area contributed by atoms with Crippen molar-refractivity contribution < 1.29 is 13.9 Å². The molecule has 4 rings (SSSR count). The number of carbonyl (C=O) groups excluding carboxylic acids is 1. The topological polar surface area (TPSA) is 54.5 Å². The summed E-state index contributed by atoms with van der Waals surface area (Å²) in [6.45, 7) is 0. The second-order valence-corrected chi connectivity index (χ2v) is 6.40. The SMILES string of the molecule is COc1cccc(N2C(=O)c3cccnc3[C@@H]2Nc2ccc(F)c(Cl)c2)c1. The van der Waals surface area contributed by atoms with E-state index in [-0.39, 0.29) is 10.9 Å². The van der Waals surface area contributed by atoms with E-state index in [1.54, 1.807) is 48.5 Å². The van der Waals surface area contributed by atoms with Crippen LogP contribution >= 0.6 is 11.6 Å². The van der Waals surface area contributed by atoms with Gasteiger partial charge in [0.1, 0.15) is 11.6 Å². The van der Waals surface area contributed by atoms with Crippen molar-refractivity contribution in [3.05, 3.63) is 82.9 Å². The second kappa shape index (κ2) is 6.89. The summed E-state index contributed by atoms with van der Waals surface area (Å²) >= 11 is 5.89. The van der Waals surface area contributed by atoms with Crippen LogP contribution in [0.4, 0.5) is 15.8 Å². The fourth-order valence-corrected chi connectivity index (χ4v) is 3.27. The van der Waals surface area contributed by atoms with E-state index < -0.39 is 12.0 Å². The Bertz CT molecular complexity index is 1030. The molecule has 2 heterocycles. The Morgan fingerprint density at radius 2 is 2.04 bits per heavy atom. The first-order valence-electron chi connectivity index (χ1n) is 8.22. The lowest BCUT2D eigenvalue weighted by molar-refractivity contribution is 0.0993. The maximum Gasteiger partial charge on any atom is 0.262 e. The summed E-state index contributed by atoms with van der Waals surface area (Å²) in [6, 6.07) is 15.0. The summed E-state index contributed by atoms with van der Waals surface area (Å²) in [5.41, 5.74) is 2.32. The first kappa shape index (κ1) is 17.3. The molecule has 0 saturated heterocycles. The third-order valence-corrected chi connectivity index (χ3v) is 4.65. The van der Waals surface area contributed by atoms with Crippen LogP contribution in [-0.4, -0.2) is 18.0 Å². The number of amides is 1. The van der Waals surface area contributed by atoms with Gasteiger partial charge in [-0.3, -0.25) is 14.7 Å². The van der Waals surface area contributed by atoms with Crippen molar-refractivity contribution in [1.82, 2.24) is 4.98 Å². The number of benzene rings is 2. The van der Waals surface area contributed by atoms with Crippen LogP contribution in [-0.2, 0) is 0 Å². The van der Waals surface area contributed by atoms with E-state index in [9.17, 15) is 9.18 Å². The molecule has 0 radical (unpaired) electrons. The lowest BCUT2D eigenvalue weighted by Gasteiger charge is -2.27. The van der Waals surface area contributed by atoms with Crippen molar-refractivity contribution in [1.29, 1.82) is 0 Å². The molecule has 7 heteroatoms. The fourth-order valence-electron chi connectivity index (χ4n) is 3.09. The van der Waals surface area contributed by atoms with Crippen molar-refractivity contribution in [3.63, 3.8) is 0 Å². The van der Waals surface area contributed by atoms with Gasteiger partial charge >= 0.3 is 0 Å². The molecule has 0 aliphatic carbocycles. The van der Waals surface area contributed by atoms with Crippen LogP contribution in [0.25, 0.3) is 0 Å². The number of aromatic nitrogens is 1. The molecule has 0 saturated carbocycles. The number of hydrogen-bond donors (Lipinski definition) is 1. The highest BCUT2D eigenvalue weighted by Gasteiger charge is 2.39. The molecule has 1 aromatic heterocycles. The van der Waals surface area contributed by atoms with Crippen molar-refractivity contribution in [2.75, 3.05) is 17.3 Å². The first-order valence-corrected chi connectivity index (χ1v) is 8.60. The summed E-state index contributed by atoms with van der Waals surface area (Å²) in [7, 11) is 1.57. The number of anilines is 2. The first-order chi connectivity index (χ1) is 13.1. The molecule has 0 bridgehead atoms. The zero-order valence-corrected chi connectivity index (χ0v) is 15.1. The molecule has 1 aliphatic rings. The summed E-state index contributed by atoms with van der Waals surface area (Å²) in [5.74, 6) is -0.0576. The smallest absolute Gasteiger partial charge is 0.262 e. The van der Waals surface area contributed by atoms with E-state index in [1.807, 2.05) is 12.1 Å². The molecule has 0 fully saturated rings. The van der Waals surface area contributed by atoms with Crippen LogP contribution in [0.5, 0.6) is 5.75 Å². The van der Waals surface area contributed by atoms with Gasteiger partial charge in [0.2, 0.25) is 0 Å². The van der Waals surface area contributed by atoms with Gasteiger partial charge < -0.3 is 10.1 Å². The van der Waals surface area contributed by atoms with Gasteiger partial charge in [-0.05, 0) is 42.5 Å². The van der Waals surface area contributed by atoms with Crippen molar-refractivity contribution >= 4 is 28.9 Å². The lowest BCUT2D eigenvalue weighted by atomic mass is 10.2. The number of hydrogen-bond acceptors (Lipinski definition) is 4. The fraction of sp³-hybridized carbons (Fsp3) is 0.100. The van der Waals surface area contributed by atoms with Crippen LogP contribution in [0.1, 0.15) is 22.2 Å². The van der Waals surface area contributed by atoms with Gasteiger partial charge in [-0.2, -0.15) is 0 Å². The molecule has 0 unspecified atom stereocenters. The van der Waals surface area contributed by atoms with Crippen LogP contribution in [0, 0.1) is 5.82 Å². The highest BCUT2D eigenvalue weighted by molar-refractivity contribution is 6.31. The Labute approximate surface area is 160 Å². The van der Waals surface area contributed by atoms with Gasteiger partial charge in [-0.1, -0.05) is 17.7 Å². The number of pyridine rings is 1. The number of methoxy groups -OCH3 is 1. The average Bonchev–Trinajstić information content (AvgIpc) is 2.97. The quantitative estimate of drug-likeness (QED) is 0.712. The number of fused-ring (bicyclic) bond motifs is 1. The molecule has 3 aromatic rings. The summed E-state index contributed by atoms with van der Waals surface area (Å²) in [4.78, 5) is 19.0. The third-order valence-electron chi connectivity index (χ3n) is 4.36. The Kier molecular flexibility index (Phi) is 4.41. The molecule has 2 aromatic carbocycles. The van der Waals surface area contributed by atoms with Crippen molar-refractivity contribution in [2.45, 2.75) is 6.17 Å². The van der Waals surface area contributed by atoms with Gasteiger partial charge in [0.25, 0.3) is 5.91 Å². The van der Waals surface area contributed by atoms with Gasteiger partial charge in [-0.25, -0.2) is 4.39 Å². The number of halogens is 2. The minimum Gasteiger partial charge on any atom is -0.497 e. The number of nitrogens with one attached hydrogen (secondary N) is 1. The molecule has 1 aliphatic heterocycles. The van der Waals surface area contributed by atoms with E-state index in [4.69, 9.17) is 16.3 Å². The van der Waals surface area contributed by atoms with Gasteiger partial charge in [0.15, 0.2) is 6.17 Å². The maximum atomic E-state index is 13.5. The molecular weight excluding hydrogens is 369 g/mol. The molecule has 136 valence electrons. The van der Waals surface area contributed by atoms with Crippen LogP contribution < -0.4 is 15.0 Å². The number of nitrogens with zero attached hydrogens (tertiary/aromatic N) is 2. The third kappa shape index (κ3) is 3.08. The molecule has 0 spiro atoms. The average molecular weight is 384 g/mol. The standard InChI is InChI=1S/C20H15ClFN3O2/c1-27-14-5-2-4-13(11-14)25-19(18-15(20(25)26)6-3-9-23-18)24-12-7-8-17(22)16(21)10-12/h2-11,19,24H,1H3/t19-/m1/s1. The lowest BCUT2D eigenvalue weighted by Crippen LogP contribution is -2.32. The minimum absolute atomic E-state index is 0.00139. The molecule has 5 nitrogen and oxygen atoms in total. The monoisotopic (exact) mass is 383 g/mol. The molecular formula is C20H15ClFN3O2. The van der Waals surface area contributed by atoms with E-state index >= 15 is 0 Å². The molecule has 1 N–H and O–H groups in total. The summed E-state index contributed by atoms with van der Waals surface area (Å²) in [5, 5.41) is 3.23. The highest BCUT2D eigenvalue weighted by atomic mass is 35.5. The van der Waals surface area contributed by atoms with Crippen LogP contribution in [0.3, 0.4) is 0 Å². The van der Waals surface area contributed by atoms with Crippen LogP contribution in [0.2, 0.25) is 5.02 Å². The number of ether oxygens (including phenoxy) is 1. The zero-order chi connectivity index (χ0) is 19.0. The van der Waals surface area contributed by atoms with Gasteiger partial charge in [-0.15, -0.1) is 0 Å². The zero-order valence-electron chi connectivity index (χ0n) is 14.3. The Hall–Kier alpha value is -3.12. The molecule has 1 atom stereocenters. The summed E-state index contributed by atoms with van der Waals surface area (Å²) < 4.78 is 18.8. The largest absolute Gasteiger partial charge is 0.497 e. The Balaban J connectivity index is 1.78. The predicted molar refractivity (Wildman–Crippen MR) is 102 cm³/mol. The van der Waals surface area contributed by atoms with E-state index in [2.05, 4.69) is 10.3 Å². The van der Waals surface area contributed by atoms with Crippen LogP contribution in [0.15, 0.2) is 60.8 Å². The van der Waals surface area contributed by atoms with E-state index in [0.717, 1.165) is 0 Å². The van der Waals surface area contributed by atoms with Gasteiger partial charge in [0.05, 0.1) is 29.1 Å². The highest BCUT2D eigenvalue weighted by Crippen LogP contribution is 2.38. The number of carbonyl (C=O) groups is 1. The normalized spacial score (nSPS) is 15.6. The van der Waals surface area contributed by atoms with E-state index in [0.29, 0.717) is 28.4 Å². The maximum absolute atomic E-state index is 13.5. The predicted octanol–water partition coefficient (Wildman–Crippen LogP) is 4.65. The Morgan fingerprint density at radius 1 is 1.19 bits per heavy atom. The minimum atomic E-state index is -0.567. The Morgan fingerprint density at radius 3 is 2.81 bits per heavy atom. The second-order valence-electron chi connectivity index (χ2n) is 5.99.